The summed E-state index contributed by atoms with van der Waals surface area (Å²) in [6.07, 6.45) is 0.723. The van der Waals surface area contributed by atoms with Crippen molar-refractivity contribution in [1.29, 1.82) is 0 Å². The molecule has 2 heterocycles. The normalized spacial score (nSPS) is 29.8. The Hall–Kier alpha value is -0.810. The lowest BCUT2D eigenvalue weighted by Crippen LogP contribution is -2.55. The zero-order valence-corrected chi connectivity index (χ0v) is 11.0. The highest BCUT2D eigenvalue weighted by Gasteiger charge is 2.36. The highest BCUT2D eigenvalue weighted by atomic mass is 16.6. The number of hydrogen-bond donors (Lipinski definition) is 2. The molecule has 1 amide bonds. The molecule has 2 fully saturated rings. The van der Waals surface area contributed by atoms with Gasteiger partial charge < -0.3 is 15.4 Å². The van der Waals surface area contributed by atoms with E-state index in [9.17, 15) is 4.79 Å². The van der Waals surface area contributed by atoms with Crippen molar-refractivity contribution < 1.29 is 9.53 Å². The van der Waals surface area contributed by atoms with Crippen LogP contribution in [0.5, 0.6) is 0 Å². The van der Waals surface area contributed by atoms with Gasteiger partial charge in [-0.2, -0.15) is 0 Å². The highest BCUT2D eigenvalue weighted by Crippen LogP contribution is 2.19. The molecular formula is C12H23N3O2. The molecule has 0 spiro atoms. The Morgan fingerprint density at radius 1 is 1.41 bits per heavy atom. The van der Waals surface area contributed by atoms with Crippen LogP contribution in [-0.4, -0.2) is 54.9 Å². The number of piperazine rings is 1. The first kappa shape index (κ1) is 12.6. The quantitative estimate of drug-likeness (QED) is 0.704. The molecule has 2 rings (SSSR count). The number of ether oxygens (including phenoxy) is 1. The van der Waals surface area contributed by atoms with Crippen molar-refractivity contribution in [1.82, 2.24) is 15.5 Å². The molecule has 2 aliphatic heterocycles. The van der Waals surface area contributed by atoms with Crippen LogP contribution in [0.15, 0.2) is 0 Å². The third kappa shape index (κ3) is 3.33. The molecule has 2 atom stereocenters. The molecule has 0 aliphatic carbocycles. The second-order valence-electron chi connectivity index (χ2n) is 5.85. The van der Waals surface area contributed by atoms with E-state index in [1.165, 1.54) is 0 Å². The number of carbonyl (C=O) groups excluding carboxylic acids is 1. The van der Waals surface area contributed by atoms with Crippen LogP contribution in [-0.2, 0) is 4.74 Å². The van der Waals surface area contributed by atoms with Gasteiger partial charge in [0, 0.05) is 32.2 Å². The van der Waals surface area contributed by atoms with Crippen molar-refractivity contribution in [3.05, 3.63) is 0 Å². The van der Waals surface area contributed by atoms with E-state index < -0.39 is 5.60 Å². The fraction of sp³-hybridized carbons (Fsp3) is 0.917. The molecule has 0 aromatic rings. The van der Waals surface area contributed by atoms with Gasteiger partial charge in [0.05, 0.1) is 6.04 Å². The molecule has 5 heteroatoms. The summed E-state index contributed by atoms with van der Waals surface area (Å²) in [4.78, 5) is 14.2. The van der Waals surface area contributed by atoms with E-state index in [0.29, 0.717) is 6.04 Å². The van der Waals surface area contributed by atoms with Crippen LogP contribution < -0.4 is 10.6 Å². The van der Waals surface area contributed by atoms with Gasteiger partial charge in [-0.3, -0.25) is 4.90 Å². The van der Waals surface area contributed by atoms with Gasteiger partial charge in [-0.1, -0.05) is 0 Å². The van der Waals surface area contributed by atoms with E-state index >= 15 is 0 Å². The average Bonchev–Trinajstić information content (AvgIpc) is 2.59. The molecule has 2 unspecified atom stereocenters. The number of alkyl carbamates (subject to hydrolysis) is 1. The zero-order chi connectivity index (χ0) is 12.5. The molecule has 2 aliphatic rings. The Labute approximate surface area is 103 Å². The number of fused-ring (bicyclic) bond motifs is 1. The second kappa shape index (κ2) is 4.82. The Bertz CT molecular complexity index is 288. The fourth-order valence-corrected chi connectivity index (χ4v) is 2.57. The molecule has 0 aromatic carbocycles. The van der Waals surface area contributed by atoms with Gasteiger partial charge in [-0.15, -0.1) is 0 Å². The summed E-state index contributed by atoms with van der Waals surface area (Å²) < 4.78 is 5.29. The van der Waals surface area contributed by atoms with Gasteiger partial charge in [0.2, 0.25) is 0 Å². The lowest BCUT2D eigenvalue weighted by atomic mass is 10.1. The Morgan fingerprint density at radius 3 is 2.88 bits per heavy atom. The summed E-state index contributed by atoms with van der Waals surface area (Å²) in [5.41, 5.74) is -0.423. The minimum absolute atomic E-state index is 0.220. The molecular weight excluding hydrogens is 218 g/mol. The van der Waals surface area contributed by atoms with E-state index in [1.54, 1.807) is 0 Å². The smallest absolute Gasteiger partial charge is 0.407 e. The van der Waals surface area contributed by atoms with E-state index in [1.807, 2.05) is 20.8 Å². The fourth-order valence-electron chi connectivity index (χ4n) is 2.57. The summed E-state index contributed by atoms with van der Waals surface area (Å²) in [5.74, 6) is 0. The number of rotatable bonds is 1. The maximum absolute atomic E-state index is 11.7. The third-order valence-electron chi connectivity index (χ3n) is 3.29. The van der Waals surface area contributed by atoms with Gasteiger partial charge in [0.15, 0.2) is 0 Å². The van der Waals surface area contributed by atoms with E-state index in [2.05, 4.69) is 15.5 Å². The minimum Gasteiger partial charge on any atom is -0.444 e. The number of nitrogens with zero attached hydrogens (tertiary/aromatic N) is 1. The molecule has 0 saturated carbocycles. The summed E-state index contributed by atoms with van der Waals surface area (Å²) in [5, 5.41) is 6.37. The Morgan fingerprint density at radius 2 is 2.18 bits per heavy atom. The molecule has 0 bridgehead atoms. The maximum atomic E-state index is 11.7. The van der Waals surface area contributed by atoms with Gasteiger partial charge in [-0.25, -0.2) is 4.79 Å². The van der Waals surface area contributed by atoms with Crippen molar-refractivity contribution in [2.24, 2.45) is 0 Å². The molecule has 2 saturated heterocycles. The van der Waals surface area contributed by atoms with Crippen LogP contribution in [0, 0.1) is 0 Å². The summed E-state index contributed by atoms with van der Waals surface area (Å²) in [6.45, 7) is 9.82. The first-order chi connectivity index (χ1) is 7.96. The number of nitrogens with one attached hydrogen (secondary N) is 2. The highest BCUT2D eigenvalue weighted by molar-refractivity contribution is 5.68. The Balaban J connectivity index is 1.85. The van der Waals surface area contributed by atoms with E-state index in [0.717, 1.165) is 32.6 Å². The van der Waals surface area contributed by atoms with Crippen molar-refractivity contribution in [2.45, 2.75) is 44.9 Å². The largest absolute Gasteiger partial charge is 0.444 e. The SMILES string of the molecule is CC(C)(C)OC(=O)NC1CCN2CCNCC12. The van der Waals surface area contributed by atoms with Crippen LogP contribution in [0.4, 0.5) is 4.79 Å². The summed E-state index contributed by atoms with van der Waals surface area (Å²) in [6, 6.07) is 0.647. The third-order valence-corrected chi connectivity index (χ3v) is 3.29. The lowest BCUT2D eigenvalue weighted by molar-refractivity contribution is 0.0487. The van der Waals surface area contributed by atoms with Gasteiger partial charge in [-0.05, 0) is 27.2 Å². The molecule has 98 valence electrons. The number of carbonyl (C=O) groups is 1. The first-order valence-corrected chi connectivity index (χ1v) is 6.40. The van der Waals surface area contributed by atoms with Crippen LogP contribution in [0.3, 0.4) is 0 Å². The van der Waals surface area contributed by atoms with Gasteiger partial charge in [0.25, 0.3) is 0 Å². The average molecular weight is 241 g/mol. The zero-order valence-electron chi connectivity index (χ0n) is 11.0. The Kier molecular flexibility index (Phi) is 3.58. The van der Waals surface area contributed by atoms with Crippen LogP contribution in [0.1, 0.15) is 27.2 Å². The van der Waals surface area contributed by atoms with Crippen LogP contribution >= 0.6 is 0 Å². The number of amides is 1. The second-order valence-corrected chi connectivity index (χ2v) is 5.85. The first-order valence-electron chi connectivity index (χ1n) is 6.40. The van der Waals surface area contributed by atoms with E-state index in [4.69, 9.17) is 4.74 Å². The summed E-state index contributed by atoms with van der Waals surface area (Å²) in [7, 11) is 0. The lowest BCUT2D eigenvalue weighted by Gasteiger charge is -2.33. The van der Waals surface area contributed by atoms with Gasteiger partial charge in [0.1, 0.15) is 5.60 Å². The molecule has 0 aromatic heterocycles. The maximum Gasteiger partial charge on any atom is 0.407 e. The molecule has 2 N–H and O–H groups in total. The topological polar surface area (TPSA) is 53.6 Å². The molecule has 17 heavy (non-hydrogen) atoms. The molecule has 5 nitrogen and oxygen atoms in total. The summed E-state index contributed by atoms with van der Waals surface area (Å²) >= 11 is 0. The van der Waals surface area contributed by atoms with Crippen LogP contribution in [0.25, 0.3) is 0 Å². The molecule has 0 radical (unpaired) electrons. The van der Waals surface area contributed by atoms with Crippen molar-refractivity contribution in [3.63, 3.8) is 0 Å². The predicted molar refractivity (Wildman–Crippen MR) is 66.0 cm³/mol. The van der Waals surface area contributed by atoms with Crippen molar-refractivity contribution in [3.8, 4) is 0 Å². The van der Waals surface area contributed by atoms with Crippen molar-refractivity contribution in [2.75, 3.05) is 26.2 Å². The number of hydrogen-bond acceptors (Lipinski definition) is 4. The standard InChI is InChI=1S/C12H23N3O2/c1-12(2,3)17-11(16)14-9-4-6-15-7-5-13-8-10(9)15/h9-10,13H,4-8H2,1-3H3,(H,14,16). The van der Waals surface area contributed by atoms with Crippen molar-refractivity contribution >= 4 is 6.09 Å². The van der Waals surface area contributed by atoms with E-state index in [-0.39, 0.29) is 12.1 Å². The monoisotopic (exact) mass is 241 g/mol. The predicted octanol–water partition coefficient (Wildman–Crippen LogP) is 0.557. The minimum atomic E-state index is -0.423. The van der Waals surface area contributed by atoms with Crippen LogP contribution in [0.2, 0.25) is 0 Å². The van der Waals surface area contributed by atoms with Gasteiger partial charge >= 0.3 is 6.09 Å².